The number of quaternary nitrogens is 1. The topological polar surface area (TPSA) is 52.6 Å². The molecule has 0 aliphatic heterocycles. The van der Waals surface area contributed by atoms with Crippen LogP contribution in [0.3, 0.4) is 0 Å². The van der Waals surface area contributed by atoms with Crippen LogP contribution in [0.25, 0.3) is 0 Å². The van der Waals surface area contributed by atoms with Gasteiger partial charge in [-0.1, -0.05) is 13.2 Å². The summed E-state index contributed by atoms with van der Waals surface area (Å²) in [4.78, 5) is 22.9. The van der Waals surface area contributed by atoms with Crippen molar-refractivity contribution in [3.63, 3.8) is 0 Å². The summed E-state index contributed by atoms with van der Waals surface area (Å²) < 4.78 is 10.6. The lowest BCUT2D eigenvalue weighted by Crippen LogP contribution is -3.00. The normalized spacial score (nSPS) is 10.4. The first-order valence-corrected chi connectivity index (χ1v) is 5.56. The van der Waals surface area contributed by atoms with Gasteiger partial charge in [-0.05, 0) is 13.8 Å². The lowest BCUT2D eigenvalue weighted by molar-refractivity contribution is -0.876. The SMILES string of the molecule is C=C(C)C(=O)OC(C[N+](C)(C)C)OC(=O)C(=C)C.[Cl-]. The van der Waals surface area contributed by atoms with Crippen molar-refractivity contribution in [2.75, 3.05) is 27.7 Å². The number of likely N-dealkylation sites (N-methyl/N-ethyl adjacent to an activating group) is 1. The Morgan fingerprint density at radius 2 is 1.32 bits per heavy atom. The van der Waals surface area contributed by atoms with Crippen molar-refractivity contribution in [1.82, 2.24) is 0 Å². The molecule has 0 heterocycles. The highest BCUT2D eigenvalue weighted by atomic mass is 35.5. The number of hydrogen-bond acceptors (Lipinski definition) is 4. The van der Waals surface area contributed by atoms with Gasteiger partial charge in [0.25, 0.3) is 6.29 Å². The average Bonchev–Trinajstić information content (AvgIpc) is 2.14. The highest BCUT2D eigenvalue weighted by molar-refractivity contribution is 5.88. The van der Waals surface area contributed by atoms with Crippen LogP contribution in [0.5, 0.6) is 0 Å². The molecule has 0 unspecified atom stereocenters. The van der Waals surface area contributed by atoms with E-state index in [2.05, 4.69) is 13.2 Å². The van der Waals surface area contributed by atoms with Crippen LogP contribution in [0.4, 0.5) is 0 Å². The number of halogens is 1. The van der Waals surface area contributed by atoms with Crippen molar-refractivity contribution >= 4 is 11.9 Å². The summed E-state index contributed by atoms with van der Waals surface area (Å²) in [5.41, 5.74) is 0.514. The third-order valence-electron chi connectivity index (χ3n) is 1.87. The molecule has 110 valence electrons. The Kier molecular flexibility index (Phi) is 8.38. The molecule has 0 bridgehead atoms. The Hall–Kier alpha value is -1.33. The van der Waals surface area contributed by atoms with E-state index in [9.17, 15) is 9.59 Å². The Labute approximate surface area is 120 Å². The van der Waals surface area contributed by atoms with Crippen molar-refractivity contribution in [3.8, 4) is 0 Å². The van der Waals surface area contributed by atoms with E-state index in [1.807, 2.05) is 21.1 Å². The maximum Gasteiger partial charge on any atom is 0.336 e. The molecule has 0 N–H and O–H groups in total. The second kappa shape index (κ2) is 7.96. The molecule has 0 saturated heterocycles. The van der Waals surface area contributed by atoms with Crippen LogP contribution >= 0.6 is 0 Å². The Morgan fingerprint density at radius 1 is 1.00 bits per heavy atom. The van der Waals surface area contributed by atoms with E-state index in [0.717, 1.165) is 0 Å². The Bertz CT molecular complexity index is 343. The standard InChI is InChI=1S/C13H22NO4.ClH/c1-9(2)12(15)17-11(8-14(5,6)7)18-13(16)10(3)4;/h11H,1,3,8H2,2,4-7H3;1H/q+1;/p-1. The molecule has 0 aromatic rings. The minimum Gasteiger partial charge on any atom is -1.00 e. The van der Waals surface area contributed by atoms with Crippen molar-refractivity contribution in [3.05, 3.63) is 24.3 Å². The molecular weight excluding hydrogens is 270 g/mol. The minimum atomic E-state index is -0.946. The predicted octanol–water partition coefficient (Wildman–Crippen LogP) is -1.74. The molecule has 0 fully saturated rings. The van der Waals surface area contributed by atoms with E-state index in [1.165, 1.54) is 13.8 Å². The third kappa shape index (κ3) is 9.27. The van der Waals surface area contributed by atoms with Crippen molar-refractivity contribution in [1.29, 1.82) is 0 Å². The maximum atomic E-state index is 11.4. The minimum absolute atomic E-state index is 0. The molecule has 0 aromatic heterocycles. The van der Waals surface area contributed by atoms with Gasteiger partial charge in [0.15, 0.2) is 6.54 Å². The van der Waals surface area contributed by atoms with Gasteiger partial charge in [-0.2, -0.15) is 0 Å². The number of hydrogen-bond donors (Lipinski definition) is 0. The molecular formula is C13H22ClNO4. The number of ether oxygens (including phenoxy) is 2. The molecule has 0 aromatic carbocycles. The van der Waals surface area contributed by atoms with E-state index in [4.69, 9.17) is 9.47 Å². The molecule has 0 rings (SSSR count). The number of carbonyl (C=O) groups is 2. The number of rotatable bonds is 6. The van der Waals surface area contributed by atoms with Crippen LogP contribution in [0.1, 0.15) is 13.8 Å². The molecule has 0 radical (unpaired) electrons. The summed E-state index contributed by atoms with van der Waals surface area (Å²) in [6, 6.07) is 0. The van der Waals surface area contributed by atoms with Gasteiger partial charge >= 0.3 is 11.9 Å². The molecule has 0 aliphatic rings. The van der Waals surface area contributed by atoms with Crippen molar-refractivity contribution in [2.24, 2.45) is 0 Å². The van der Waals surface area contributed by atoms with E-state index >= 15 is 0 Å². The lowest BCUT2D eigenvalue weighted by Gasteiger charge is -2.28. The largest absolute Gasteiger partial charge is 1.00 e. The molecule has 5 nitrogen and oxygen atoms in total. The fourth-order valence-corrected chi connectivity index (χ4v) is 0.986. The van der Waals surface area contributed by atoms with Gasteiger partial charge in [0.2, 0.25) is 0 Å². The molecule has 0 amide bonds. The Morgan fingerprint density at radius 3 is 1.53 bits per heavy atom. The number of nitrogens with zero attached hydrogens (tertiary/aromatic N) is 1. The highest BCUT2D eigenvalue weighted by Crippen LogP contribution is 2.07. The zero-order valence-corrected chi connectivity index (χ0v) is 12.9. The summed E-state index contributed by atoms with van der Waals surface area (Å²) in [7, 11) is 5.70. The highest BCUT2D eigenvalue weighted by Gasteiger charge is 2.26. The van der Waals surface area contributed by atoms with Crippen LogP contribution in [-0.2, 0) is 19.1 Å². The molecule has 19 heavy (non-hydrogen) atoms. The third-order valence-corrected chi connectivity index (χ3v) is 1.87. The molecule has 0 saturated carbocycles. The van der Waals surface area contributed by atoms with E-state index in [1.54, 1.807) is 0 Å². The van der Waals surface area contributed by atoms with Gasteiger partial charge in [-0.15, -0.1) is 0 Å². The van der Waals surface area contributed by atoms with Crippen LogP contribution in [0.15, 0.2) is 24.3 Å². The average molecular weight is 292 g/mol. The molecule has 0 spiro atoms. The fraction of sp³-hybridized carbons (Fsp3) is 0.538. The smallest absolute Gasteiger partial charge is 0.336 e. The number of esters is 2. The van der Waals surface area contributed by atoms with Crippen LogP contribution in [0, 0.1) is 0 Å². The summed E-state index contributed by atoms with van der Waals surface area (Å²) in [5, 5.41) is 0. The number of carbonyl (C=O) groups excluding carboxylic acids is 2. The maximum absolute atomic E-state index is 11.4. The summed E-state index contributed by atoms with van der Waals surface area (Å²) in [5.74, 6) is -1.16. The lowest BCUT2D eigenvalue weighted by atomic mass is 10.3. The molecule has 0 aliphatic carbocycles. The first-order chi connectivity index (χ1) is 8.03. The van der Waals surface area contributed by atoms with Gasteiger partial charge in [0.05, 0.1) is 21.1 Å². The summed E-state index contributed by atoms with van der Waals surface area (Å²) >= 11 is 0. The first-order valence-electron chi connectivity index (χ1n) is 5.56. The fourth-order valence-electron chi connectivity index (χ4n) is 0.986. The van der Waals surface area contributed by atoms with E-state index < -0.39 is 18.2 Å². The van der Waals surface area contributed by atoms with Crippen molar-refractivity contribution < 1.29 is 36.0 Å². The molecule has 6 heteroatoms. The monoisotopic (exact) mass is 291 g/mol. The quantitative estimate of drug-likeness (QED) is 0.252. The van der Waals surface area contributed by atoms with Crippen LogP contribution in [-0.4, -0.2) is 50.4 Å². The zero-order valence-electron chi connectivity index (χ0n) is 12.2. The van der Waals surface area contributed by atoms with E-state index in [-0.39, 0.29) is 23.6 Å². The zero-order chi connectivity index (χ0) is 14.5. The Balaban J connectivity index is 0. The second-order valence-corrected chi connectivity index (χ2v) is 5.27. The molecule has 0 atom stereocenters. The van der Waals surface area contributed by atoms with Crippen LogP contribution < -0.4 is 12.4 Å². The first kappa shape index (κ1) is 20.0. The summed E-state index contributed by atoms with van der Waals surface area (Å²) in [6.45, 7) is 10.4. The predicted molar refractivity (Wildman–Crippen MR) is 68.5 cm³/mol. The van der Waals surface area contributed by atoms with Gasteiger partial charge in [0.1, 0.15) is 0 Å². The van der Waals surface area contributed by atoms with Crippen LogP contribution in [0.2, 0.25) is 0 Å². The van der Waals surface area contributed by atoms with Gasteiger partial charge < -0.3 is 26.4 Å². The van der Waals surface area contributed by atoms with E-state index in [0.29, 0.717) is 11.0 Å². The second-order valence-electron chi connectivity index (χ2n) is 5.27. The van der Waals surface area contributed by atoms with Gasteiger partial charge in [-0.25, -0.2) is 9.59 Å². The van der Waals surface area contributed by atoms with Gasteiger partial charge in [-0.3, -0.25) is 0 Å². The summed E-state index contributed by atoms with van der Waals surface area (Å²) in [6.07, 6.45) is -0.946. The van der Waals surface area contributed by atoms with Crippen molar-refractivity contribution in [2.45, 2.75) is 20.1 Å². The van der Waals surface area contributed by atoms with Gasteiger partial charge in [0, 0.05) is 11.1 Å².